The summed E-state index contributed by atoms with van der Waals surface area (Å²) in [6.45, 7) is -0.230. The number of nitrogens with one attached hydrogen (secondary N) is 1. The smallest absolute Gasteiger partial charge is 0.321 e. The Bertz CT molecular complexity index is 280. The highest BCUT2D eigenvalue weighted by atomic mass is 16.4. The topological polar surface area (TPSA) is 150 Å². The van der Waals surface area contributed by atoms with Gasteiger partial charge in [-0.1, -0.05) is 0 Å². The number of hydrogen-bond acceptors (Lipinski definition) is 5. The normalized spacial score (nSPS) is 14.1. The van der Waals surface area contributed by atoms with Gasteiger partial charge in [-0.3, -0.25) is 14.4 Å². The largest absolute Gasteiger partial charge is 0.481 e. The van der Waals surface area contributed by atoms with Crippen LogP contribution in [0, 0.1) is 0 Å². The summed E-state index contributed by atoms with van der Waals surface area (Å²) in [5.41, 5.74) is 5.15. The van der Waals surface area contributed by atoms with Crippen LogP contribution in [-0.2, 0) is 14.4 Å². The number of nitrogens with two attached hydrogens (primary N) is 1. The summed E-state index contributed by atoms with van der Waals surface area (Å²) in [6.07, 6.45) is -0.441. The summed E-state index contributed by atoms with van der Waals surface area (Å²) in [6, 6.07) is -2.33. The number of aliphatic carboxylic acids is 3. The lowest BCUT2D eigenvalue weighted by molar-refractivity contribution is -0.142. The highest BCUT2D eigenvalue weighted by Crippen LogP contribution is 1.98. The van der Waals surface area contributed by atoms with E-state index in [1.54, 1.807) is 0 Å². The maximum Gasteiger partial charge on any atom is 0.321 e. The van der Waals surface area contributed by atoms with Gasteiger partial charge in [-0.2, -0.15) is 0 Å². The lowest BCUT2D eigenvalue weighted by Gasteiger charge is -2.14. The number of carboxylic acid groups (broad SMARTS) is 3. The molecule has 0 fully saturated rings. The molecule has 0 spiro atoms. The molecule has 0 aliphatic rings. The zero-order chi connectivity index (χ0) is 12.7. The summed E-state index contributed by atoms with van der Waals surface area (Å²) < 4.78 is 0. The van der Waals surface area contributed by atoms with Crippen LogP contribution >= 0.6 is 0 Å². The van der Waals surface area contributed by atoms with Gasteiger partial charge in [-0.15, -0.1) is 0 Å². The van der Waals surface area contributed by atoms with Crippen molar-refractivity contribution in [1.29, 1.82) is 0 Å². The standard InChI is InChI=1S/C8H14N2O6/c9-4(7(13)14)3-10-5(8(15)16)1-2-6(11)12/h4-5,10H,1-3,9H2,(H,11,12)(H,13,14)(H,15,16)/t4?,5-/m0/s1. The van der Waals surface area contributed by atoms with Crippen molar-refractivity contribution in [3.8, 4) is 0 Å². The Morgan fingerprint density at radius 2 is 1.69 bits per heavy atom. The van der Waals surface area contributed by atoms with Gasteiger partial charge in [-0.05, 0) is 6.42 Å². The lowest BCUT2D eigenvalue weighted by Crippen LogP contribution is -2.46. The fourth-order valence-electron chi connectivity index (χ4n) is 0.937. The second-order valence-corrected chi connectivity index (χ2v) is 3.18. The predicted molar refractivity (Wildman–Crippen MR) is 51.9 cm³/mol. The minimum atomic E-state index is -1.25. The van der Waals surface area contributed by atoms with Gasteiger partial charge in [0.1, 0.15) is 12.1 Å². The predicted octanol–water partition coefficient (Wildman–Crippen LogP) is -1.69. The molecule has 0 rings (SSSR count). The van der Waals surface area contributed by atoms with Crippen molar-refractivity contribution in [1.82, 2.24) is 5.32 Å². The molecule has 6 N–H and O–H groups in total. The van der Waals surface area contributed by atoms with E-state index in [4.69, 9.17) is 21.1 Å². The molecule has 0 amide bonds. The second-order valence-electron chi connectivity index (χ2n) is 3.18. The fourth-order valence-corrected chi connectivity index (χ4v) is 0.937. The van der Waals surface area contributed by atoms with Crippen molar-refractivity contribution >= 4 is 17.9 Å². The van der Waals surface area contributed by atoms with E-state index < -0.39 is 30.0 Å². The summed E-state index contributed by atoms with van der Waals surface area (Å²) >= 11 is 0. The van der Waals surface area contributed by atoms with Crippen LogP contribution in [0.15, 0.2) is 0 Å². The third-order valence-corrected chi connectivity index (χ3v) is 1.85. The first-order valence-electron chi connectivity index (χ1n) is 4.51. The van der Waals surface area contributed by atoms with E-state index in [-0.39, 0.29) is 19.4 Å². The SMILES string of the molecule is NC(CN[C@@H](CCC(=O)O)C(=O)O)C(=O)O. The number of carboxylic acids is 3. The average molecular weight is 234 g/mol. The monoisotopic (exact) mass is 234 g/mol. The first kappa shape index (κ1) is 14.3. The molecule has 0 radical (unpaired) electrons. The van der Waals surface area contributed by atoms with Crippen LogP contribution in [0.4, 0.5) is 0 Å². The zero-order valence-corrected chi connectivity index (χ0v) is 8.42. The Hall–Kier alpha value is -1.67. The molecule has 2 atom stereocenters. The van der Waals surface area contributed by atoms with Gasteiger partial charge in [0.2, 0.25) is 0 Å². The van der Waals surface area contributed by atoms with Gasteiger partial charge in [0.25, 0.3) is 0 Å². The molecule has 8 nitrogen and oxygen atoms in total. The Balaban J connectivity index is 4.09. The zero-order valence-electron chi connectivity index (χ0n) is 8.42. The van der Waals surface area contributed by atoms with Crippen LogP contribution < -0.4 is 11.1 Å². The van der Waals surface area contributed by atoms with Gasteiger partial charge in [0.15, 0.2) is 0 Å². The van der Waals surface area contributed by atoms with Crippen LogP contribution in [0.25, 0.3) is 0 Å². The first-order chi connectivity index (χ1) is 7.34. The molecule has 0 aliphatic heterocycles. The van der Waals surface area contributed by atoms with Crippen LogP contribution in [-0.4, -0.2) is 51.9 Å². The molecule has 1 unspecified atom stereocenters. The van der Waals surface area contributed by atoms with E-state index in [2.05, 4.69) is 5.32 Å². The molecule has 0 saturated heterocycles. The Labute approximate surface area is 91.1 Å². The van der Waals surface area contributed by atoms with E-state index >= 15 is 0 Å². The molecule has 0 heterocycles. The van der Waals surface area contributed by atoms with Gasteiger partial charge in [-0.25, -0.2) is 0 Å². The number of hydrogen-bond donors (Lipinski definition) is 5. The molecule has 8 heteroatoms. The third kappa shape index (κ3) is 5.94. The molecule has 0 aliphatic carbocycles. The van der Waals surface area contributed by atoms with Gasteiger partial charge in [0.05, 0.1) is 0 Å². The summed E-state index contributed by atoms with van der Waals surface area (Å²) in [5.74, 6) is -3.61. The van der Waals surface area contributed by atoms with Gasteiger partial charge >= 0.3 is 17.9 Å². The summed E-state index contributed by atoms with van der Waals surface area (Å²) in [5, 5.41) is 27.9. The Morgan fingerprint density at radius 1 is 1.12 bits per heavy atom. The van der Waals surface area contributed by atoms with Gasteiger partial charge in [0, 0.05) is 13.0 Å². The maximum absolute atomic E-state index is 10.7. The quantitative estimate of drug-likeness (QED) is 0.333. The molecule has 0 aromatic rings. The van der Waals surface area contributed by atoms with Crippen molar-refractivity contribution in [2.75, 3.05) is 6.54 Å². The summed E-state index contributed by atoms with van der Waals surface area (Å²) in [4.78, 5) is 31.2. The van der Waals surface area contributed by atoms with Crippen molar-refractivity contribution < 1.29 is 29.7 Å². The number of carbonyl (C=O) groups is 3. The van der Waals surface area contributed by atoms with Crippen molar-refractivity contribution in [3.63, 3.8) is 0 Å². The van der Waals surface area contributed by atoms with E-state index in [0.717, 1.165) is 0 Å². The highest BCUT2D eigenvalue weighted by molar-refractivity contribution is 5.76. The van der Waals surface area contributed by atoms with Crippen molar-refractivity contribution in [3.05, 3.63) is 0 Å². The molecule has 0 bridgehead atoms. The molecule has 0 saturated carbocycles. The van der Waals surface area contributed by atoms with Crippen molar-refractivity contribution in [2.45, 2.75) is 24.9 Å². The van der Waals surface area contributed by atoms with E-state index in [1.807, 2.05) is 0 Å². The number of rotatable bonds is 8. The van der Waals surface area contributed by atoms with E-state index in [1.165, 1.54) is 0 Å². The van der Waals surface area contributed by atoms with E-state index in [0.29, 0.717) is 0 Å². The first-order valence-corrected chi connectivity index (χ1v) is 4.51. The lowest BCUT2D eigenvalue weighted by atomic mass is 10.1. The van der Waals surface area contributed by atoms with Crippen LogP contribution in [0.2, 0.25) is 0 Å². The van der Waals surface area contributed by atoms with E-state index in [9.17, 15) is 14.4 Å². The third-order valence-electron chi connectivity index (χ3n) is 1.85. The van der Waals surface area contributed by atoms with Crippen molar-refractivity contribution in [2.24, 2.45) is 5.73 Å². The summed E-state index contributed by atoms with van der Waals surface area (Å²) in [7, 11) is 0. The molecule has 92 valence electrons. The van der Waals surface area contributed by atoms with Crippen LogP contribution in [0.5, 0.6) is 0 Å². The van der Waals surface area contributed by atoms with Crippen LogP contribution in [0.3, 0.4) is 0 Å². The maximum atomic E-state index is 10.7. The highest BCUT2D eigenvalue weighted by Gasteiger charge is 2.20. The van der Waals surface area contributed by atoms with Gasteiger partial charge < -0.3 is 26.4 Å². The minimum Gasteiger partial charge on any atom is -0.481 e. The average Bonchev–Trinajstić information content (AvgIpc) is 2.15. The van der Waals surface area contributed by atoms with Crippen LogP contribution in [0.1, 0.15) is 12.8 Å². The molecular formula is C8H14N2O6. The fraction of sp³-hybridized carbons (Fsp3) is 0.625. The molecule has 0 aromatic carbocycles. The Kier molecular flexibility index (Phi) is 6.04. The molecule has 16 heavy (non-hydrogen) atoms. The second kappa shape index (κ2) is 6.75. The minimum absolute atomic E-state index is 0.128. The molecule has 0 aromatic heterocycles. The molecular weight excluding hydrogens is 220 g/mol. The Morgan fingerprint density at radius 3 is 2.06 bits per heavy atom.